The molecule has 0 aromatic carbocycles. The molecule has 4 heteroatoms. The van der Waals surface area contributed by atoms with Crippen LogP contribution in [0.5, 0.6) is 0 Å². The van der Waals surface area contributed by atoms with Crippen molar-refractivity contribution < 1.29 is 9.53 Å². The highest BCUT2D eigenvalue weighted by molar-refractivity contribution is 7.99. The van der Waals surface area contributed by atoms with Crippen molar-refractivity contribution in [3.05, 3.63) is 0 Å². The van der Waals surface area contributed by atoms with Gasteiger partial charge in [0.05, 0.1) is 6.61 Å². The van der Waals surface area contributed by atoms with Crippen LogP contribution in [0.25, 0.3) is 0 Å². The molecule has 1 N–H and O–H groups in total. The first-order valence-corrected chi connectivity index (χ1v) is 7.90. The summed E-state index contributed by atoms with van der Waals surface area (Å²) in [4.78, 5) is 11.8. The lowest BCUT2D eigenvalue weighted by Crippen LogP contribution is -2.48. The van der Waals surface area contributed by atoms with Crippen LogP contribution in [-0.4, -0.2) is 36.2 Å². The van der Waals surface area contributed by atoms with Crippen molar-refractivity contribution in [3.63, 3.8) is 0 Å². The number of carbonyl (C=O) groups excluding carboxylic acids is 1. The molecule has 0 radical (unpaired) electrons. The Hall–Kier alpha value is -0.220. The van der Waals surface area contributed by atoms with E-state index in [0.717, 1.165) is 18.6 Å². The highest BCUT2D eigenvalue weighted by atomic mass is 32.2. The van der Waals surface area contributed by atoms with E-state index in [9.17, 15) is 4.79 Å². The maximum atomic E-state index is 11.8. The minimum Gasteiger partial charge on any atom is -0.465 e. The van der Waals surface area contributed by atoms with Gasteiger partial charge in [-0.25, -0.2) is 0 Å². The van der Waals surface area contributed by atoms with Crippen molar-refractivity contribution >= 4 is 17.7 Å². The first-order chi connectivity index (χ1) is 8.37. The highest BCUT2D eigenvalue weighted by Crippen LogP contribution is 2.22. The molecule has 3 nitrogen and oxygen atoms in total. The highest BCUT2D eigenvalue weighted by Gasteiger charge is 2.32. The molecule has 0 amide bonds. The standard InChI is InChI=1S/C14H29NO2S/c1-7-17-13(16)14(5,15-6)9-8-10-18-12(4)11(2)3/h11-12,15H,7-10H2,1-6H3. The summed E-state index contributed by atoms with van der Waals surface area (Å²) < 4.78 is 5.11. The van der Waals surface area contributed by atoms with Crippen LogP contribution in [0.1, 0.15) is 47.5 Å². The summed E-state index contributed by atoms with van der Waals surface area (Å²) in [5, 5.41) is 3.76. The van der Waals surface area contributed by atoms with Crippen LogP contribution in [0.3, 0.4) is 0 Å². The predicted octanol–water partition coefficient (Wildman–Crippen LogP) is 3.09. The molecule has 0 saturated carbocycles. The van der Waals surface area contributed by atoms with Gasteiger partial charge in [-0.15, -0.1) is 0 Å². The summed E-state index contributed by atoms with van der Waals surface area (Å²) in [7, 11) is 1.82. The third-order valence-electron chi connectivity index (χ3n) is 3.42. The Bertz CT molecular complexity index is 246. The molecule has 0 aliphatic heterocycles. The van der Waals surface area contributed by atoms with E-state index in [-0.39, 0.29) is 5.97 Å². The molecular weight excluding hydrogens is 246 g/mol. The van der Waals surface area contributed by atoms with E-state index in [1.165, 1.54) is 0 Å². The molecular formula is C14H29NO2S. The lowest BCUT2D eigenvalue weighted by Gasteiger charge is -2.27. The minimum atomic E-state index is -0.544. The zero-order chi connectivity index (χ0) is 14.2. The Balaban J connectivity index is 4.04. The molecule has 2 unspecified atom stereocenters. The van der Waals surface area contributed by atoms with Crippen molar-refractivity contribution in [3.8, 4) is 0 Å². The predicted molar refractivity (Wildman–Crippen MR) is 80.1 cm³/mol. The molecule has 0 bridgehead atoms. The Morgan fingerprint density at radius 1 is 1.39 bits per heavy atom. The third kappa shape index (κ3) is 6.10. The fourth-order valence-electron chi connectivity index (χ4n) is 1.51. The van der Waals surface area contributed by atoms with Gasteiger partial charge in [0.25, 0.3) is 0 Å². The van der Waals surface area contributed by atoms with Gasteiger partial charge in [-0.3, -0.25) is 4.79 Å². The molecule has 0 rings (SSSR count). The van der Waals surface area contributed by atoms with Gasteiger partial charge in [0.2, 0.25) is 0 Å². The number of thioether (sulfide) groups is 1. The number of hydrogen-bond acceptors (Lipinski definition) is 4. The summed E-state index contributed by atoms with van der Waals surface area (Å²) in [6.45, 7) is 10.9. The van der Waals surface area contributed by atoms with Gasteiger partial charge in [-0.1, -0.05) is 20.8 Å². The van der Waals surface area contributed by atoms with E-state index in [4.69, 9.17) is 4.74 Å². The number of rotatable bonds is 9. The molecule has 108 valence electrons. The summed E-state index contributed by atoms with van der Waals surface area (Å²) in [5.41, 5.74) is -0.544. The molecule has 0 spiro atoms. The van der Waals surface area contributed by atoms with Crippen LogP contribution in [0.4, 0.5) is 0 Å². The summed E-state index contributed by atoms with van der Waals surface area (Å²) in [6.07, 6.45) is 1.85. The van der Waals surface area contributed by atoms with E-state index >= 15 is 0 Å². The molecule has 0 aromatic heterocycles. The Morgan fingerprint density at radius 2 is 2.00 bits per heavy atom. The third-order valence-corrected chi connectivity index (χ3v) is 5.01. The number of nitrogens with one attached hydrogen (secondary N) is 1. The van der Waals surface area contributed by atoms with Gasteiger partial charge in [0, 0.05) is 5.25 Å². The van der Waals surface area contributed by atoms with E-state index in [1.54, 1.807) is 0 Å². The molecule has 18 heavy (non-hydrogen) atoms. The average molecular weight is 275 g/mol. The molecule has 0 aliphatic carbocycles. The van der Waals surface area contributed by atoms with E-state index in [0.29, 0.717) is 17.8 Å². The number of carbonyl (C=O) groups is 1. The molecule has 0 aromatic rings. The second-order valence-electron chi connectivity index (χ2n) is 5.23. The Kier molecular flexibility index (Phi) is 8.70. The second-order valence-corrected chi connectivity index (χ2v) is 6.71. The van der Waals surface area contributed by atoms with Gasteiger partial charge in [-0.2, -0.15) is 11.8 Å². The first-order valence-electron chi connectivity index (χ1n) is 6.85. The van der Waals surface area contributed by atoms with E-state index < -0.39 is 5.54 Å². The lowest BCUT2D eigenvalue weighted by molar-refractivity contribution is -0.150. The quantitative estimate of drug-likeness (QED) is 0.518. The molecule has 2 atom stereocenters. The second kappa shape index (κ2) is 8.81. The van der Waals surface area contributed by atoms with E-state index in [1.807, 2.05) is 32.7 Å². The van der Waals surface area contributed by atoms with Crippen molar-refractivity contribution in [2.75, 3.05) is 19.4 Å². The van der Waals surface area contributed by atoms with Gasteiger partial charge in [0.15, 0.2) is 0 Å². The van der Waals surface area contributed by atoms with Crippen LogP contribution in [0, 0.1) is 5.92 Å². The van der Waals surface area contributed by atoms with Gasteiger partial charge >= 0.3 is 5.97 Å². The summed E-state index contributed by atoms with van der Waals surface area (Å²) in [5.74, 6) is 1.65. The van der Waals surface area contributed by atoms with Crippen LogP contribution >= 0.6 is 11.8 Å². The van der Waals surface area contributed by atoms with E-state index in [2.05, 4.69) is 26.1 Å². The topological polar surface area (TPSA) is 38.3 Å². The zero-order valence-corrected chi connectivity index (χ0v) is 13.5. The maximum Gasteiger partial charge on any atom is 0.326 e. The average Bonchev–Trinajstić information content (AvgIpc) is 2.34. The lowest BCUT2D eigenvalue weighted by atomic mass is 9.97. The van der Waals surface area contributed by atoms with Gasteiger partial charge < -0.3 is 10.1 Å². The SMILES string of the molecule is CCOC(=O)C(C)(CCCSC(C)C(C)C)NC. The summed E-state index contributed by atoms with van der Waals surface area (Å²) in [6, 6.07) is 0. The Labute approximate surface area is 116 Å². The first kappa shape index (κ1) is 17.8. The Morgan fingerprint density at radius 3 is 2.44 bits per heavy atom. The monoisotopic (exact) mass is 275 g/mol. The molecule has 0 saturated heterocycles. The number of likely N-dealkylation sites (N-methyl/N-ethyl adjacent to an activating group) is 1. The van der Waals surface area contributed by atoms with Crippen LogP contribution in [-0.2, 0) is 9.53 Å². The number of esters is 1. The summed E-state index contributed by atoms with van der Waals surface area (Å²) >= 11 is 1.98. The number of ether oxygens (including phenoxy) is 1. The molecule has 0 heterocycles. The van der Waals surface area contributed by atoms with Crippen LogP contribution < -0.4 is 5.32 Å². The van der Waals surface area contributed by atoms with Crippen molar-refractivity contribution in [2.45, 2.75) is 58.2 Å². The zero-order valence-electron chi connectivity index (χ0n) is 12.7. The van der Waals surface area contributed by atoms with Crippen molar-refractivity contribution in [1.82, 2.24) is 5.32 Å². The molecule has 0 fully saturated rings. The fraction of sp³-hybridized carbons (Fsp3) is 0.929. The van der Waals surface area contributed by atoms with Gasteiger partial charge in [-0.05, 0) is 45.4 Å². The van der Waals surface area contributed by atoms with Crippen LogP contribution in [0.2, 0.25) is 0 Å². The fourth-order valence-corrected chi connectivity index (χ4v) is 2.57. The van der Waals surface area contributed by atoms with Crippen molar-refractivity contribution in [2.24, 2.45) is 5.92 Å². The van der Waals surface area contributed by atoms with Gasteiger partial charge in [0.1, 0.15) is 5.54 Å². The van der Waals surface area contributed by atoms with Crippen molar-refractivity contribution in [1.29, 1.82) is 0 Å². The minimum absolute atomic E-state index is 0.144. The maximum absolute atomic E-state index is 11.8. The smallest absolute Gasteiger partial charge is 0.326 e. The number of hydrogen-bond donors (Lipinski definition) is 1. The van der Waals surface area contributed by atoms with Crippen LogP contribution in [0.15, 0.2) is 0 Å². The molecule has 0 aliphatic rings. The normalized spacial score (nSPS) is 16.4. The largest absolute Gasteiger partial charge is 0.465 e.